The zero-order valence-electron chi connectivity index (χ0n) is 9.64. The van der Waals surface area contributed by atoms with Crippen LogP contribution in [0, 0.1) is 6.92 Å². The van der Waals surface area contributed by atoms with E-state index in [1.807, 2.05) is 25.1 Å². The maximum atomic E-state index is 5.54. The van der Waals surface area contributed by atoms with Crippen LogP contribution in [0.1, 0.15) is 5.56 Å². The molecule has 4 N–H and O–H groups in total. The maximum absolute atomic E-state index is 5.54. The lowest BCUT2D eigenvalue weighted by Crippen LogP contribution is -2.05. The highest BCUT2D eigenvalue weighted by molar-refractivity contribution is 5.66. The fraction of sp³-hybridized carbons (Fsp3) is 0.182. The molecule has 0 fully saturated rings. The molecule has 0 aliphatic rings. The van der Waals surface area contributed by atoms with Gasteiger partial charge in [0.05, 0.1) is 12.7 Å². The molecule has 1 heterocycles. The smallest absolute Gasteiger partial charge is 0.225 e. The predicted octanol–water partition coefficient (Wildman–Crippen LogP) is 1.02. The van der Waals surface area contributed by atoms with Crippen LogP contribution < -0.4 is 16.2 Å². The minimum absolute atomic E-state index is 0.0936. The molecule has 0 saturated heterocycles. The molecule has 6 nitrogen and oxygen atoms in total. The normalized spacial score (nSPS) is 10.2. The summed E-state index contributed by atoms with van der Waals surface area (Å²) >= 11 is 0. The zero-order valence-corrected chi connectivity index (χ0v) is 9.64. The van der Waals surface area contributed by atoms with Crippen molar-refractivity contribution in [3.63, 3.8) is 0 Å². The first-order valence-electron chi connectivity index (χ1n) is 5.02. The van der Waals surface area contributed by atoms with E-state index in [1.54, 1.807) is 7.11 Å². The standard InChI is InChI=1S/C11H13N5O/c1-6-3-4-8(17-2)7(5-6)9-14-10(12)16-11(13)15-9/h3-5H,1-2H3,(H4,12,13,14,15,16). The number of nitrogens with zero attached hydrogens (tertiary/aromatic N) is 3. The highest BCUT2D eigenvalue weighted by Gasteiger charge is 2.10. The Labute approximate surface area is 98.7 Å². The number of hydrogen-bond donors (Lipinski definition) is 2. The molecule has 0 amide bonds. The van der Waals surface area contributed by atoms with E-state index in [2.05, 4.69) is 15.0 Å². The molecule has 1 aromatic heterocycles. The molecule has 0 spiro atoms. The molecule has 17 heavy (non-hydrogen) atoms. The summed E-state index contributed by atoms with van der Waals surface area (Å²) in [7, 11) is 1.59. The number of aromatic nitrogens is 3. The molecular weight excluding hydrogens is 218 g/mol. The summed E-state index contributed by atoms with van der Waals surface area (Å²) in [5.74, 6) is 1.27. The molecule has 0 radical (unpaired) electrons. The van der Waals surface area contributed by atoms with Crippen LogP contribution >= 0.6 is 0 Å². The quantitative estimate of drug-likeness (QED) is 0.800. The number of hydrogen-bond acceptors (Lipinski definition) is 6. The SMILES string of the molecule is COc1ccc(C)cc1-c1nc(N)nc(N)n1. The monoisotopic (exact) mass is 231 g/mol. The Bertz CT molecular complexity index is 535. The van der Waals surface area contributed by atoms with Gasteiger partial charge in [0.1, 0.15) is 5.75 Å². The van der Waals surface area contributed by atoms with Gasteiger partial charge in [-0.3, -0.25) is 0 Å². The molecule has 0 aliphatic carbocycles. The molecule has 0 bridgehead atoms. The first-order chi connectivity index (χ1) is 8.10. The van der Waals surface area contributed by atoms with Crippen LogP contribution in [0.4, 0.5) is 11.9 Å². The van der Waals surface area contributed by atoms with E-state index in [0.29, 0.717) is 11.6 Å². The number of nitrogens with two attached hydrogens (primary N) is 2. The number of rotatable bonds is 2. The number of benzene rings is 1. The van der Waals surface area contributed by atoms with Gasteiger partial charge in [-0.1, -0.05) is 11.6 Å². The minimum Gasteiger partial charge on any atom is -0.496 e. The summed E-state index contributed by atoms with van der Waals surface area (Å²) in [5.41, 5.74) is 12.9. The van der Waals surface area contributed by atoms with Crippen molar-refractivity contribution >= 4 is 11.9 Å². The summed E-state index contributed by atoms with van der Waals surface area (Å²) in [4.78, 5) is 11.8. The molecule has 0 aliphatic heterocycles. The van der Waals surface area contributed by atoms with Crippen molar-refractivity contribution in [3.05, 3.63) is 23.8 Å². The van der Waals surface area contributed by atoms with Gasteiger partial charge in [0.25, 0.3) is 0 Å². The van der Waals surface area contributed by atoms with Gasteiger partial charge in [-0.25, -0.2) is 0 Å². The van der Waals surface area contributed by atoms with Gasteiger partial charge in [-0.05, 0) is 19.1 Å². The average molecular weight is 231 g/mol. The maximum Gasteiger partial charge on any atom is 0.225 e. The zero-order chi connectivity index (χ0) is 12.4. The summed E-state index contributed by atoms with van der Waals surface area (Å²) in [6.45, 7) is 1.97. The first kappa shape index (κ1) is 11.1. The van der Waals surface area contributed by atoms with Gasteiger partial charge in [-0.2, -0.15) is 15.0 Å². The Hall–Kier alpha value is -2.37. The number of anilines is 2. The minimum atomic E-state index is 0.0936. The van der Waals surface area contributed by atoms with E-state index in [9.17, 15) is 0 Å². The Kier molecular flexibility index (Phi) is 2.78. The highest BCUT2D eigenvalue weighted by Crippen LogP contribution is 2.28. The number of aryl methyl sites for hydroxylation is 1. The van der Waals surface area contributed by atoms with E-state index < -0.39 is 0 Å². The second kappa shape index (κ2) is 4.25. The Morgan fingerprint density at radius 2 is 1.71 bits per heavy atom. The molecule has 1 aromatic carbocycles. The van der Waals surface area contributed by atoms with Crippen LogP contribution in [0.5, 0.6) is 5.75 Å². The first-order valence-corrected chi connectivity index (χ1v) is 5.02. The molecule has 2 aromatic rings. The molecule has 0 saturated carbocycles. The summed E-state index contributed by atoms with van der Waals surface area (Å²) < 4.78 is 5.25. The Morgan fingerprint density at radius 3 is 2.29 bits per heavy atom. The number of ether oxygens (including phenoxy) is 1. The van der Waals surface area contributed by atoms with Gasteiger partial charge in [0.15, 0.2) is 5.82 Å². The van der Waals surface area contributed by atoms with Crippen molar-refractivity contribution in [2.24, 2.45) is 0 Å². The summed E-state index contributed by atoms with van der Waals surface area (Å²) in [6, 6.07) is 5.70. The van der Waals surface area contributed by atoms with Gasteiger partial charge in [0.2, 0.25) is 11.9 Å². The van der Waals surface area contributed by atoms with Gasteiger partial charge < -0.3 is 16.2 Å². The lowest BCUT2D eigenvalue weighted by Gasteiger charge is -2.08. The van der Waals surface area contributed by atoms with Gasteiger partial charge in [0, 0.05) is 0 Å². The Morgan fingerprint density at radius 1 is 1.06 bits per heavy atom. The number of methoxy groups -OCH3 is 1. The molecule has 88 valence electrons. The van der Waals surface area contributed by atoms with E-state index >= 15 is 0 Å². The largest absolute Gasteiger partial charge is 0.496 e. The third-order valence-electron chi connectivity index (χ3n) is 2.27. The van der Waals surface area contributed by atoms with E-state index in [0.717, 1.165) is 11.1 Å². The molecular formula is C11H13N5O. The fourth-order valence-corrected chi connectivity index (χ4v) is 1.53. The second-order valence-electron chi connectivity index (χ2n) is 3.58. The Balaban J connectivity index is 2.62. The molecule has 6 heteroatoms. The molecule has 0 unspecified atom stereocenters. The van der Waals surface area contributed by atoms with Gasteiger partial charge in [-0.15, -0.1) is 0 Å². The number of nitrogen functional groups attached to an aromatic ring is 2. The lowest BCUT2D eigenvalue weighted by molar-refractivity contribution is 0.416. The van der Waals surface area contributed by atoms with E-state index in [-0.39, 0.29) is 11.9 Å². The van der Waals surface area contributed by atoms with Crippen LogP contribution in [0.2, 0.25) is 0 Å². The lowest BCUT2D eigenvalue weighted by atomic mass is 10.1. The molecule has 2 rings (SSSR count). The van der Waals surface area contributed by atoms with Crippen LogP contribution in [0.3, 0.4) is 0 Å². The summed E-state index contributed by atoms with van der Waals surface area (Å²) in [5, 5.41) is 0. The van der Waals surface area contributed by atoms with E-state index in [1.165, 1.54) is 0 Å². The van der Waals surface area contributed by atoms with Crippen molar-refractivity contribution in [1.82, 2.24) is 15.0 Å². The third-order valence-corrected chi connectivity index (χ3v) is 2.27. The van der Waals surface area contributed by atoms with Crippen LogP contribution in [0.15, 0.2) is 18.2 Å². The van der Waals surface area contributed by atoms with Crippen LogP contribution in [-0.4, -0.2) is 22.1 Å². The third kappa shape index (κ3) is 2.25. The second-order valence-corrected chi connectivity index (χ2v) is 3.58. The highest BCUT2D eigenvalue weighted by atomic mass is 16.5. The van der Waals surface area contributed by atoms with Crippen molar-refractivity contribution in [2.45, 2.75) is 6.92 Å². The molecule has 0 atom stereocenters. The topological polar surface area (TPSA) is 99.9 Å². The van der Waals surface area contributed by atoms with Gasteiger partial charge >= 0.3 is 0 Å². The average Bonchev–Trinajstić information content (AvgIpc) is 2.27. The van der Waals surface area contributed by atoms with Crippen LogP contribution in [-0.2, 0) is 0 Å². The van der Waals surface area contributed by atoms with Crippen LogP contribution in [0.25, 0.3) is 11.4 Å². The van der Waals surface area contributed by atoms with Crippen molar-refractivity contribution in [1.29, 1.82) is 0 Å². The van der Waals surface area contributed by atoms with Crippen molar-refractivity contribution in [3.8, 4) is 17.1 Å². The van der Waals surface area contributed by atoms with Crippen molar-refractivity contribution in [2.75, 3.05) is 18.6 Å². The van der Waals surface area contributed by atoms with Crippen molar-refractivity contribution < 1.29 is 4.74 Å². The fourth-order valence-electron chi connectivity index (χ4n) is 1.53. The predicted molar refractivity (Wildman–Crippen MR) is 65.4 cm³/mol. The summed E-state index contributed by atoms with van der Waals surface area (Å²) in [6.07, 6.45) is 0. The van der Waals surface area contributed by atoms with E-state index in [4.69, 9.17) is 16.2 Å².